The fraction of sp³-hybridized carbons (Fsp3) is 0.667. The number of hydrogen-bond donors (Lipinski definition) is 3. The van der Waals surface area contributed by atoms with Crippen LogP contribution in [0.4, 0.5) is 0 Å². The smallest absolute Gasteiger partial charge is 0.289 e. The Bertz CT molecular complexity index is 455. The quantitative estimate of drug-likeness (QED) is 0.530. The average molecular weight is 307 g/mol. The maximum Gasteiger partial charge on any atom is 0.289 e. The molecule has 1 aliphatic heterocycles. The van der Waals surface area contributed by atoms with E-state index >= 15 is 0 Å². The van der Waals surface area contributed by atoms with Crippen molar-refractivity contribution < 1.29 is 14.8 Å². The molecule has 0 aromatic heterocycles. The van der Waals surface area contributed by atoms with Gasteiger partial charge in [0.25, 0.3) is 12.8 Å². The summed E-state index contributed by atoms with van der Waals surface area (Å²) in [7, 11) is 1.86. The molecule has 0 spiro atoms. The lowest BCUT2D eigenvalue weighted by Gasteiger charge is -2.29. The molecule has 2 aliphatic rings. The molecule has 3 unspecified atom stereocenters. The molecule has 0 aromatic carbocycles. The van der Waals surface area contributed by atoms with E-state index in [1.165, 1.54) is 0 Å². The second kappa shape index (κ2) is 7.92. The molecule has 4 N–H and O–H groups in total. The summed E-state index contributed by atoms with van der Waals surface area (Å²) < 4.78 is 0. The number of hydroxylamine groups is 1. The van der Waals surface area contributed by atoms with Gasteiger partial charge >= 0.3 is 0 Å². The van der Waals surface area contributed by atoms with Gasteiger partial charge in [0, 0.05) is 18.7 Å². The number of hydrogen-bond acceptors (Lipinski definition) is 5. The molecule has 3 atom stereocenters. The Morgan fingerprint density at radius 3 is 2.95 bits per heavy atom. The summed E-state index contributed by atoms with van der Waals surface area (Å²) >= 11 is 0. The van der Waals surface area contributed by atoms with Crippen molar-refractivity contribution in [2.24, 2.45) is 11.8 Å². The van der Waals surface area contributed by atoms with Crippen LogP contribution in [-0.4, -0.2) is 41.9 Å². The molecule has 6 nitrogen and oxygen atoms in total. The Kier molecular flexibility index (Phi) is 6.20. The zero-order chi connectivity index (χ0) is 16.1. The van der Waals surface area contributed by atoms with E-state index in [2.05, 4.69) is 10.4 Å². The SMILES string of the molecule is CC1C=C(C(=O)N(C)C2CCCB(O)CC2)C=CC1NON. The van der Waals surface area contributed by atoms with Crippen LogP contribution < -0.4 is 11.4 Å². The minimum atomic E-state index is -0.217. The summed E-state index contributed by atoms with van der Waals surface area (Å²) in [5, 5.41) is 9.74. The third kappa shape index (κ3) is 4.19. The van der Waals surface area contributed by atoms with Crippen molar-refractivity contribution in [2.45, 2.75) is 50.9 Å². The van der Waals surface area contributed by atoms with E-state index < -0.39 is 0 Å². The predicted molar refractivity (Wildman–Crippen MR) is 86.6 cm³/mol. The van der Waals surface area contributed by atoms with Crippen LogP contribution in [0.15, 0.2) is 23.8 Å². The first-order valence-corrected chi connectivity index (χ1v) is 7.99. The molecule has 1 fully saturated rings. The van der Waals surface area contributed by atoms with Gasteiger partial charge in [-0.15, -0.1) is 0 Å². The highest BCUT2D eigenvalue weighted by Gasteiger charge is 2.28. The first-order chi connectivity index (χ1) is 10.5. The first kappa shape index (κ1) is 17.2. The Labute approximate surface area is 132 Å². The molecule has 2 rings (SSSR count). The van der Waals surface area contributed by atoms with E-state index in [9.17, 15) is 9.82 Å². The van der Waals surface area contributed by atoms with Crippen molar-refractivity contribution in [1.29, 1.82) is 0 Å². The van der Waals surface area contributed by atoms with Crippen LogP contribution in [0.2, 0.25) is 12.6 Å². The van der Waals surface area contributed by atoms with Crippen LogP contribution in [0.3, 0.4) is 0 Å². The zero-order valence-electron chi connectivity index (χ0n) is 13.4. The number of amides is 1. The van der Waals surface area contributed by atoms with E-state index in [-0.39, 0.29) is 30.8 Å². The Hall–Kier alpha value is -1.15. The molecule has 0 saturated carbocycles. The lowest BCUT2D eigenvalue weighted by atomic mass is 9.61. The van der Waals surface area contributed by atoms with Gasteiger partial charge in [-0.1, -0.05) is 31.6 Å². The molecule has 0 aromatic rings. The number of carbonyl (C=O) groups is 1. The second-order valence-corrected chi connectivity index (χ2v) is 6.33. The van der Waals surface area contributed by atoms with Gasteiger partial charge in [-0.3, -0.25) is 4.79 Å². The van der Waals surface area contributed by atoms with Crippen molar-refractivity contribution >= 4 is 12.8 Å². The van der Waals surface area contributed by atoms with E-state index in [4.69, 9.17) is 5.90 Å². The number of rotatable bonds is 4. The summed E-state index contributed by atoms with van der Waals surface area (Å²) in [4.78, 5) is 19.0. The van der Waals surface area contributed by atoms with Crippen LogP contribution in [0.25, 0.3) is 0 Å². The Balaban J connectivity index is 1.99. The molecule has 7 heteroatoms. The summed E-state index contributed by atoms with van der Waals surface area (Å²) in [6.45, 7) is 1.79. The Morgan fingerprint density at radius 1 is 1.50 bits per heavy atom. The molecule has 122 valence electrons. The van der Waals surface area contributed by atoms with E-state index in [0.717, 1.165) is 31.9 Å². The number of nitrogens with zero attached hydrogens (tertiary/aromatic N) is 1. The summed E-state index contributed by atoms with van der Waals surface area (Å²) in [5.41, 5.74) is 3.40. The number of nitrogens with one attached hydrogen (secondary N) is 1. The highest BCUT2D eigenvalue weighted by Crippen LogP contribution is 2.24. The molecule has 1 aliphatic carbocycles. The number of nitrogens with two attached hydrogens (primary N) is 1. The minimum absolute atomic E-state index is 0.0279. The van der Waals surface area contributed by atoms with Gasteiger partial charge in [0.15, 0.2) is 0 Å². The molecule has 0 bridgehead atoms. The highest BCUT2D eigenvalue weighted by atomic mass is 16.8. The maximum absolute atomic E-state index is 12.7. The largest absolute Gasteiger partial charge is 0.450 e. The summed E-state index contributed by atoms with van der Waals surface area (Å²) in [6, 6.07) is 0.178. The molecular weight excluding hydrogens is 281 g/mol. The monoisotopic (exact) mass is 307 g/mol. The minimum Gasteiger partial charge on any atom is -0.450 e. The van der Waals surface area contributed by atoms with Crippen LogP contribution in [0.5, 0.6) is 0 Å². The maximum atomic E-state index is 12.7. The fourth-order valence-electron chi connectivity index (χ4n) is 3.21. The van der Waals surface area contributed by atoms with Crippen LogP contribution in [0.1, 0.15) is 26.2 Å². The van der Waals surface area contributed by atoms with Gasteiger partial charge in [0.2, 0.25) is 0 Å². The number of carbonyl (C=O) groups excluding carboxylic acids is 1. The van der Waals surface area contributed by atoms with E-state index in [1.807, 2.05) is 37.1 Å². The Morgan fingerprint density at radius 2 is 2.27 bits per heavy atom. The second-order valence-electron chi connectivity index (χ2n) is 6.33. The van der Waals surface area contributed by atoms with Gasteiger partial charge in [-0.2, -0.15) is 11.4 Å². The van der Waals surface area contributed by atoms with Gasteiger partial charge in [-0.05, 0) is 31.4 Å². The van der Waals surface area contributed by atoms with E-state index in [0.29, 0.717) is 5.57 Å². The van der Waals surface area contributed by atoms with Gasteiger partial charge in [0.05, 0.1) is 6.04 Å². The normalized spacial score (nSPS) is 29.0. The molecule has 1 saturated heterocycles. The van der Waals surface area contributed by atoms with Crippen molar-refractivity contribution in [3.63, 3.8) is 0 Å². The van der Waals surface area contributed by atoms with Crippen molar-refractivity contribution in [3.05, 3.63) is 23.8 Å². The lowest BCUT2D eigenvalue weighted by molar-refractivity contribution is -0.127. The van der Waals surface area contributed by atoms with Gasteiger partial charge in [-0.25, -0.2) is 4.94 Å². The lowest BCUT2D eigenvalue weighted by Crippen LogP contribution is -2.40. The average Bonchev–Trinajstić information content (AvgIpc) is 2.72. The van der Waals surface area contributed by atoms with Gasteiger partial charge in [0.1, 0.15) is 0 Å². The standard InChI is InChI=1S/C15H26BN3O3/c1-11-10-12(5-6-14(11)18-22-17)15(20)19(2)13-4-3-8-16(21)9-7-13/h5-6,10-11,13-14,18,21H,3-4,7-9,17H2,1-2H3. The number of likely N-dealkylation sites (N-methyl/N-ethyl adjacent to an activating group) is 1. The third-order valence-corrected chi connectivity index (χ3v) is 4.72. The van der Waals surface area contributed by atoms with Crippen LogP contribution in [-0.2, 0) is 9.73 Å². The molecule has 1 heterocycles. The van der Waals surface area contributed by atoms with Gasteiger partial charge < -0.3 is 9.92 Å². The van der Waals surface area contributed by atoms with Crippen LogP contribution in [0, 0.1) is 5.92 Å². The fourth-order valence-corrected chi connectivity index (χ4v) is 3.21. The highest BCUT2D eigenvalue weighted by molar-refractivity contribution is 6.50. The molecule has 1 amide bonds. The van der Waals surface area contributed by atoms with Crippen molar-refractivity contribution in [1.82, 2.24) is 10.4 Å². The van der Waals surface area contributed by atoms with Crippen LogP contribution >= 0.6 is 0 Å². The predicted octanol–water partition coefficient (Wildman–Crippen LogP) is 0.877. The molecule has 0 radical (unpaired) electrons. The topological polar surface area (TPSA) is 87.8 Å². The first-order valence-electron chi connectivity index (χ1n) is 7.99. The van der Waals surface area contributed by atoms with Crippen molar-refractivity contribution in [3.8, 4) is 0 Å². The van der Waals surface area contributed by atoms with E-state index in [1.54, 1.807) is 0 Å². The zero-order valence-corrected chi connectivity index (χ0v) is 13.4. The third-order valence-electron chi connectivity index (χ3n) is 4.72. The van der Waals surface area contributed by atoms with Crippen molar-refractivity contribution in [2.75, 3.05) is 7.05 Å². The molecule has 22 heavy (non-hydrogen) atoms. The summed E-state index contributed by atoms with van der Waals surface area (Å²) in [6.07, 6.45) is 10.1. The summed E-state index contributed by atoms with van der Waals surface area (Å²) in [5.74, 6) is 5.19. The molecular formula is C15H26BN3O3.